The van der Waals surface area contributed by atoms with Crippen molar-refractivity contribution in [1.29, 1.82) is 0 Å². The first-order valence-electron chi connectivity index (χ1n) is 19.8. The van der Waals surface area contributed by atoms with Crippen molar-refractivity contribution in [3.8, 4) is 0 Å². The third-order valence-corrected chi connectivity index (χ3v) is 13.6. The number of hydrogen-bond donors (Lipinski definition) is 4. The molecule has 6 atom stereocenters. The molecule has 5 rings (SSSR count). The summed E-state index contributed by atoms with van der Waals surface area (Å²) < 4.78 is 0. The molecule has 0 radical (unpaired) electrons. The fraction of sp³-hybridized carbons (Fsp3) is 0.850. The number of piperidine rings is 1. The minimum Gasteiger partial charge on any atom is -0.347 e. The van der Waals surface area contributed by atoms with Crippen LogP contribution in [0.3, 0.4) is 0 Å². The summed E-state index contributed by atoms with van der Waals surface area (Å²) in [6, 6.07) is -3.74. The number of rotatable bonds is 12. The van der Waals surface area contributed by atoms with E-state index in [9.17, 15) is 28.8 Å². The van der Waals surface area contributed by atoms with Crippen LogP contribution in [0.1, 0.15) is 127 Å². The number of Topliss-reactive ketones (excluding diaryl/α,β-unsaturated/α-hetero) is 1. The van der Waals surface area contributed by atoms with Crippen LogP contribution >= 0.6 is 0 Å². The molecule has 2 saturated heterocycles. The van der Waals surface area contributed by atoms with E-state index in [4.69, 9.17) is 0 Å². The quantitative estimate of drug-likeness (QED) is 0.225. The molecule has 0 aromatic carbocycles. The Morgan fingerprint density at radius 3 is 1.94 bits per heavy atom. The first-order valence-corrected chi connectivity index (χ1v) is 19.8. The van der Waals surface area contributed by atoms with Gasteiger partial charge in [0.05, 0.1) is 12.0 Å². The van der Waals surface area contributed by atoms with Gasteiger partial charge in [-0.25, -0.2) is 0 Å². The summed E-state index contributed by atoms with van der Waals surface area (Å²) >= 11 is 0. The van der Waals surface area contributed by atoms with Gasteiger partial charge in [-0.3, -0.25) is 28.8 Å². The van der Waals surface area contributed by atoms with Crippen LogP contribution in [0.15, 0.2) is 0 Å². The highest BCUT2D eigenvalue weighted by molar-refractivity contribution is 6.38. The van der Waals surface area contributed by atoms with Gasteiger partial charge in [0.1, 0.15) is 18.1 Å². The first-order chi connectivity index (χ1) is 24.1. The molecule has 2 heterocycles. The van der Waals surface area contributed by atoms with Crippen molar-refractivity contribution in [3.05, 3.63) is 0 Å². The zero-order valence-electron chi connectivity index (χ0n) is 33.5. The number of nitrogens with zero attached hydrogens (tertiary/aromatic N) is 2. The van der Waals surface area contributed by atoms with E-state index in [2.05, 4.69) is 40.0 Å². The Hall–Kier alpha value is -3.02. The van der Waals surface area contributed by atoms with Gasteiger partial charge in [0.2, 0.25) is 29.4 Å². The third kappa shape index (κ3) is 7.38. The van der Waals surface area contributed by atoms with E-state index < -0.39 is 58.5 Å². The normalized spacial score (nSPS) is 28.3. The number of carbonyl (C=O) groups is 6. The number of hydrogen-bond acceptors (Lipinski definition) is 7. The fourth-order valence-electron chi connectivity index (χ4n) is 9.89. The molecule has 0 unspecified atom stereocenters. The molecule has 0 bridgehead atoms. The summed E-state index contributed by atoms with van der Waals surface area (Å²) in [6.45, 7) is 19.7. The minimum atomic E-state index is -0.996. The number of nitrogens with one attached hydrogen (secondary N) is 4. The van der Waals surface area contributed by atoms with Crippen molar-refractivity contribution in [2.45, 2.75) is 157 Å². The monoisotopic (exact) mass is 727 g/mol. The van der Waals surface area contributed by atoms with E-state index in [-0.39, 0.29) is 40.0 Å². The summed E-state index contributed by atoms with van der Waals surface area (Å²) in [6.07, 6.45) is 7.89. The summed E-state index contributed by atoms with van der Waals surface area (Å²) in [4.78, 5) is 86.8. The second-order valence-electron chi connectivity index (χ2n) is 19.5. The standard InChI is InChI=1S/C40H66N6O6/c1-11-14-26(28(47)33(50)41-25-16-17-25)42-32(49)27-21-40(38(8,9)39(40)18-13-19-39)23-46(27)35(52)30(37(5,6)7)44-34(51)29(36(2,3)4)43-31(48)24-15-12-20-45(10)22-24/h24-27,29-30H,11-23H2,1-10H3,(H,41,50)(H,42,49)(H,43,48)(H,44,51)/t24-,26+,27+,29-,30-,40-/m1/s1. The average Bonchev–Trinajstić information content (AvgIpc) is 3.85. The van der Waals surface area contributed by atoms with Gasteiger partial charge >= 0.3 is 0 Å². The Bertz CT molecular complexity index is 1440. The molecule has 12 nitrogen and oxygen atoms in total. The zero-order chi connectivity index (χ0) is 38.6. The number of fused-ring (bicyclic) bond motifs is 1. The Labute approximate surface area is 311 Å². The van der Waals surface area contributed by atoms with E-state index >= 15 is 0 Å². The van der Waals surface area contributed by atoms with Crippen LogP contribution in [-0.2, 0) is 28.8 Å². The smallest absolute Gasteiger partial charge is 0.289 e. The minimum absolute atomic E-state index is 0.0118. The van der Waals surface area contributed by atoms with Crippen LogP contribution in [0.5, 0.6) is 0 Å². The van der Waals surface area contributed by atoms with Crippen LogP contribution in [0.25, 0.3) is 0 Å². The molecule has 2 spiro atoms. The molecule has 3 saturated carbocycles. The summed E-state index contributed by atoms with van der Waals surface area (Å²) in [7, 11) is 1.99. The molecule has 4 N–H and O–H groups in total. The van der Waals surface area contributed by atoms with Gasteiger partial charge in [-0.1, -0.05) is 75.2 Å². The first kappa shape index (κ1) is 40.2. The maximum absolute atomic E-state index is 15.0. The lowest BCUT2D eigenvalue weighted by molar-refractivity contribution is -0.146. The highest BCUT2D eigenvalue weighted by Gasteiger charge is 2.85. The van der Waals surface area contributed by atoms with E-state index in [1.54, 1.807) is 4.90 Å². The van der Waals surface area contributed by atoms with Crippen molar-refractivity contribution < 1.29 is 28.8 Å². The van der Waals surface area contributed by atoms with Crippen LogP contribution < -0.4 is 21.3 Å². The maximum atomic E-state index is 15.0. The molecule has 0 aromatic heterocycles. The predicted molar refractivity (Wildman–Crippen MR) is 199 cm³/mol. The van der Waals surface area contributed by atoms with Gasteiger partial charge in [-0.2, -0.15) is 0 Å². The molecule has 0 aromatic rings. The van der Waals surface area contributed by atoms with Gasteiger partial charge in [0.25, 0.3) is 5.91 Å². The molecular weight excluding hydrogens is 660 g/mol. The van der Waals surface area contributed by atoms with E-state index in [0.29, 0.717) is 32.4 Å². The van der Waals surface area contributed by atoms with Crippen LogP contribution in [-0.4, -0.2) is 102 Å². The second kappa shape index (κ2) is 14.3. The van der Waals surface area contributed by atoms with E-state index in [1.807, 2.05) is 55.5 Å². The van der Waals surface area contributed by atoms with Crippen molar-refractivity contribution in [2.24, 2.45) is 33.0 Å². The third-order valence-electron chi connectivity index (χ3n) is 13.6. The summed E-state index contributed by atoms with van der Waals surface area (Å²) in [5.74, 6) is -2.96. The highest BCUT2D eigenvalue weighted by atomic mass is 16.2. The fourth-order valence-corrected chi connectivity index (χ4v) is 9.89. The van der Waals surface area contributed by atoms with Gasteiger partial charge in [0, 0.05) is 24.5 Å². The van der Waals surface area contributed by atoms with Crippen molar-refractivity contribution in [3.63, 3.8) is 0 Å². The van der Waals surface area contributed by atoms with Crippen LogP contribution in [0, 0.1) is 33.0 Å². The molecule has 5 fully saturated rings. The molecule has 5 aliphatic rings. The van der Waals surface area contributed by atoms with E-state index in [1.165, 1.54) is 0 Å². The average molecular weight is 727 g/mol. The molecule has 12 heteroatoms. The van der Waals surface area contributed by atoms with Gasteiger partial charge in [-0.15, -0.1) is 0 Å². The Balaban J connectivity index is 1.40. The zero-order valence-corrected chi connectivity index (χ0v) is 33.5. The van der Waals surface area contributed by atoms with Crippen molar-refractivity contribution >= 4 is 35.3 Å². The molecule has 52 heavy (non-hydrogen) atoms. The number of amides is 5. The molecule has 5 amide bonds. The Morgan fingerprint density at radius 2 is 1.44 bits per heavy atom. The SMILES string of the molecule is CCC[C@H](NC(=O)[C@@H]1C[C@@]2(CN1C(=O)[C@@H](NC(=O)[C@@H](NC(=O)[C@@H]1CCCN(C)C1)C(C)(C)C)C(C)(C)C)C(C)(C)C21CCC1)C(=O)C(=O)NC1CC1. The Kier molecular flexibility index (Phi) is 11.1. The van der Waals surface area contributed by atoms with Gasteiger partial charge in [0.15, 0.2) is 0 Å². The lowest BCUT2D eigenvalue weighted by atomic mass is 9.73. The summed E-state index contributed by atoms with van der Waals surface area (Å²) in [5, 5.41) is 11.8. The van der Waals surface area contributed by atoms with Crippen molar-refractivity contribution in [2.75, 3.05) is 26.7 Å². The Morgan fingerprint density at radius 1 is 0.808 bits per heavy atom. The van der Waals surface area contributed by atoms with Crippen LogP contribution in [0.2, 0.25) is 0 Å². The van der Waals surface area contributed by atoms with Gasteiger partial charge in [-0.05, 0) is 86.6 Å². The highest BCUT2D eigenvalue weighted by Crippen LogP contribution is 2.88. The second-order valence-corrected chi connectivity index (χ2v) is 19.5. The van der Waals surface area contributed by atoms with Gasteiger partial charge < -0.3 is 31.1 Å². The maximum Gasteiger partial charge on any atom is 0.289 e. The number of ketones is 1. The molecule has 292 valence electrons. The summed E-state index contributed by atoms with van der Waals surface area (Å²) in [5.41, 5.74) is -1.72. The van der Waals surface area contributed by atoms with Crippen LogP contribution in [0.4, 0.5) is 0 Å². The molecular formula is C40H66N6O6. The molecule has 2 aliphatic heterocycles. The molecule has 3 aliphatic carbocycles. The number of carbonyl (C=O) groups excluding carboxylic acids is 6. The lowest BCUT2D eigenvalue weighted by Gasteiger charge is -2.39. The lowest BCUT2D eigenvalue weighted by Crippen LogP contribution is -2.63. The van der Waals surface area contributed by atoms with E-state index in [0.717, 1.165) is 51.5 Å². The predicted octanol–water partition coefficient (Wildman–Crippen LogP) is 3.32. The van der Waals surface area contributed by atoms with Crippen molar-refractivity contribution in [1.82, 2.24) is 31.1 Å². The number of likely N-dealkylation sites (tertiary alicyclic amines) is 2. The largest absolute Gasteiger partial charge is 0.347 e. The topological polar surface area (TPSA) is 157 Å².